The standard InChI is InChI=1S/C22H30ClN5O/c1-24-22(27(3)16-20-13-19(23)15-26(20)2)25-11-6-9-21(29)28-12-10-17-7-4-5-8-18(17)14-28/h4-5,7-8,13,15H,6,9-12,14,16H2,1-3H3,(H,24,25). The maximum atomic E-state index is 12.6. The van der Waals surface area contributed by atoms with E-state index in [2.05, 4.69) is 33.4 Å². The van der Waals surface area contributed by atoms with Crippen molar-refractivity contribution in [3.05, 3.63) is 58.4 Å². The fourth-order valence-corrected chi connectivity index (χ4v) is 4.00. The predicted octanol–water partition coefficient (Wildman–Crippen LogP) is 3.05. The van der Waals surface area contributed by atoms with Crippen molar-refractivity contribution < 1.29 is 4.79 Å². The molecule has 156 valence electrons. The van der Waals surface area contributed by atoms with Crippen LogP contribution in [0.5, 0.6) is 0 Å². The summed E-state index contributed by atoms with van der Waals surface area (Å²) in [5.74, 6) is 1.03. The summed E-state index contributed by atoms with van der Waals surface area (Å²) in [5, 5.41) is 4.09. The maximum Gasteiger partial charge on any atom is 0.222 e. The van der Waals surface area contributed by atoms with Crippen LogP contribution in [0.1, 0.15) is 29.7 Å². The average molecular weight is 416 g/mol. The zero-order chi connectivity index (χ0) is 20.8. The molecule has 0 fully saturated rings. The van der Waals surface area contributed by atoms with E-state index in [4.69, 9.17) is 11.6 Å². The largest absolute Gasteiger partial charge is 0.356 e. The van der Waals surface area contributed by atoms with Gasteiger partial charge in [0.2, 0.25) is 5.91 Å². The number of rotatable bonds is 6. The van der Waals surface area contributed by atoms with Gasteiger partial charge in [-0.2, -0.15) is 0 Å². The van der Waals surface area contributed by atoms with Crippen LogP contribution in [0.25, 0.3) is 0 Å². The summed E-state index contributed by atoms with van der Waals surface area (Å²) in [6, 6.07) is 10.4. The van der Waals surface area contributed by atoms with Crippen molar-refractivity contribution in [2.75, 3.05) is 27.2 Å². The molecule has 6 nitrogen and oxygen atoms in total. The van der Waals surface area contributed by atoms with Crippen LogP contribution in [0.4, 0.5) is 0 Å². The molecule has 0 unspecified atom stereocenters. The smallest absolute Gasteiger partial charge is 0.222 e. The number of aryl methyl sites for hydroxylation is 1. The Bertz CT molecular complexity index is 876. The number of fused-ring (bicyclic) bond motifs is 1. The molecule has 0 atom stereocenters. The number of aromatic nitrogens is 1. The normalized spacial score (nSPS) is 13.9. The molecule has 0 radical (unpaired) electrons. The van der Waals surface area contributed by atoms with Gasteiger partial charge >= 0.3 is 0 Å². The minimum absolute atomic E-state index is 0.225. The van der Waals surface area contributed by atoms with Crippen molar-refractivity contribution in [3.63, 3.8) is 0 Å². The number of aliphatic imine (C=N–C) groups is 1. The Morgan fingerprint density at radius 3 is 2.76 bits per heavy atom. The van der Waals surface area contributed by atoms with Crippen LogP contribution >= 0.6 is 11.6 Å². The summed E-state index contributed by atoms with van der Waals surface area (Å²) in [5.41, 5.74) is 3.75. The Morgan fingerprint density at radius 2 is 2.07 bits per heavy atom. The highest BCUT2D eigenvalue weighted by Crippen LogP contribution is 2.19. The summed E-state index contributed by atoms with van der Waals surface area (Å²) in [4.78, 5) is 21.0. The molecule has 0 spiro atoms. The number of nitrogens with zero attached hydrogens (tertiary/aromatic N) is 4. The molecular weight excluding hydrogens is 386 g/mol. The highest BCUT2D eigenvalue weighted by Gasteiger charge is 2.19. The number of benzene rings is 1. The second-order valence-electron chi connectivity index (χ2n) is 7.53. The van der Waals surface area contributed by atoms with E-state index >= 15 is 0 Å². The first-order valence-corrected chi connectivity index (χ1v) is 10.4. The van der Waals surface area contributed by atoms with Gasteiger partial charge < -0.3 is 19.7 Å². The van der Waals surface area contributed by atoms with Gasteiger partial charge in [0.15, 0.2) is 5.96 Å². The SMILES string of the molecule is CN=C(NCCCC(=O)N1CCc2ccccc2C1)N(C)Cc1cc(Cl)cn1C. The highest BCUT2D eigenvalue weighted by atomic mass is 35.5. The molecule has 0 saturated carbocycles. The Balaban J connectivity index is 1.42. The zero-order valence-electron chi connectivity index (χ0n) is 17.5. The molecular formula is C22H30ClN5O. The second kappa shape index (κ2) is 9.83. The number of nitrogens with one attached hydrogen (secondary N) is 1. The van der Waals surface area contributed by atoms with Crippen molar-refractivity contribution in [2.24, 2.45) is 12.0 Å². The minimum Gasteiger partial charge on any atom is -0.356 e. The van der Waals surface area contributed by atoms with Gasteiger partial charge in [-0.15, -0.1) is 0 Å². The Kier molecular flexibility index (Phi) is 7.20. The van der Waals surface area contributed by atoms with Gasteiger partial charge in [0.25, 0.3) is 0 Å². The number of halogens is 1. The summed E-state index contributed by atoms with van der Waals surface area (Å²) in [7, 11) is 5.75. The van der Waals surface area contributed by atoms with Crippen LogP contribution in [0.3, 0.4) is 0 Å². The van der Waals surface area contributed by atoms with E-state index in [1.165, 1.54) is 11.1 Å². The topological polar surface area (TPSA) is 52.9 Å². The summed E-state index contributed by atoms with van der Waals surface area (Å²) in [6.07, 6.45) is 4.16. The summed E-state index contributed by atoms with van der Waals surface area (Å²) < 4.78 is 2.02. The number of carbonyl (C=O) groups is 1. The van der Waals surface area contributed by atoms with Gasteiger partial charge in [0.05, 0.1) is 11.6 Å². The molecule has 0 bridgehead atoms. The van der Waals surface area contributed by atoms with Gasteiger partial charge in [-0.3, -0.25) is 9.79 Å². The highest BCUT2D eigenvalue weighted by molar-refractivity contribution is 6.30. The predicted molar refractivity (Wildman–Crippen MR) is 118 cm³/mol. The first kappa shape index (κ1) is 21.2. The van der Waals surface area contributed by atoms with Crippen LogP contribution in [-0.2, 0) is 31.4 Å². The Hall–Kier alpha value is -2.47. The van der Waals surface area contributed by atoms with E-state index in [0.29, 0.717) is 19.5 Å². The van der Waals surface area contributed by atoms with E-state index in [9.17, 15) is 4.79 Å². The lowest BCUT2D eigenvalue weighted by Crippen LogP contribution is -2.40. The molecule has 2 heterocycles. The summed E-state index contributed by atoms with van der Waals surface area (Å²) in [6.45, 7) is 2.95. The van der Waals surface area contributed by atoms with Gasteiger partial charge in [0.1, 0.15) is 0 Å². The molecule has 0 aliphatic carbocycles. The van der Waals surface area contributed by atoms with Crippen LogP contribution in [0.2, 0.25) is 5.02 Å². The van der Waals surface area contributed by atoms with Gasteiger partial charge in [-0.1, -0.05) is 35.9 Å². The average Bonchev–Trinajstić information content (AvgIpc) is 3.03. The van der Waals surface area contributed by atoms with Crippen molar-refractivity contribution in [1.82, 2.24) is 19.7 Å². The second-order valence-corrected chi connectivity index (χ2v) is 7.96. The molecule has 7 heteroatoms. The minimum atomic E-state index is 0.225. The lowest BCUT2D eigenvalue weighted by Gasteiger charge is -2.29. The van der Waals surface area contributed by atoms with Gasteiger partial charge in [-0.25, -0.2) is 0 Å². The molecule has 2 aromatic rings. The third-order valence-corrected chi connectivity index (χ3v) is 5.59. The van der Waals surface area contributed by atoms with E-state index < -0.39 is 0 Å². The van der Waals surface area contributed by atoms with Crippen LogP contribution < -0.4 is 5.32 Å². The Morgan fingerprint density at radius 1 is 1.31 bits per heavy atom. The van der Waals surface area contributed by atoms with E-state index in [0.717, 1.165) is 42.6 Å². The first-order valence-electron chi connectivity index (χ1n) is 10.0. The molecule has 1 N–H and O–H groups in total. The lowest BCUT2D eigenvalue weighted by molar-refractivity contribution is -0.132. The molecule has 3 rings (SSSR count). The molecule has 1 amide bonds. The third-order valence-electron chi connectivity index (χ3n) is 5.38. The van der Waals surface area contributed by atoms with E-state index in [1.54, 1.807) is 7.05 Å². The number of guanidine groups is 1. The lowest BCUT2D eigenvalue weighted by atomic mass is 9.99. The van der Waals surface area contributed by atoms with Crippen LogP contribution in [0.15, 0.2) is 41.5 Å². The van der Waals surface area contributed by atoms with Gasteiger partial charge in [-0.05, 0) is 30.0 Å². The van der Waals surface area contributed by atoms with E-state index in [-0.39, 0.29) is 5.91 Å². The Labute approximate surface area is 178 Å². The molecule has 1 aromatic heterocycles. The van der Waals surface area contributed by atoms with Crippen LogP contribution in [-0.4, -0.2) is 53.4 Å². The molecule has 0 saturated heterocycles. The number of hydrogen-bond acceptors (Lipinski definition) is 2. The molecule has 1 aliphatic heterocycles. The fraction of sp³-hybridized carbons (Fsp3) is 0.455. The summed E-state index contributed by atoms with van der Waals surface area (Å²) >= 11 is 6.07. The number of amides is 1. The maximum absolute atomic E-state index is 12.6. The monoisotopic (exact) mass is 415 g/mol. The molecule has 1 aliphatic rings. The quantitative estimate of drug-likeness (QED) is 0.448. The van der Waals surface area contributed by atoms with Crippen LogP contribution in [0, 0.1) is 0 Å². The number of carbonyl (C=O) groups excluding carboxylic acids is 1. The zero-order valence-corrected chi connectivity index (χ0v) is 18.2. The fourth-order valence-electron chi connectivity index (χ4n) is 3.73. The first-order chi connectivity index (χ1) is 14.0. The number of hydrogen-bond donors (Lipinski definition) is 1. The van der Waals surface area contributed by atoms with Crippen molar-refractivity contribution in [1.29, 1.82) is 0 Å². The van der Waals surface area contributed by atoms with Gasteiger partial charge in [0, 0.05) is 59.1 Å². The molecule has 29 heavy (non-hydrogen) atoms. The van der Waals surface area contributed by atoms with E-state index in [1.807, 2.05) is 41.9 Å². The van der Waals surface area contributed by atoms with Crippen molar-refractivity contribution in [3.8, 4) is 0 Å². The molecule has 1 aromatic carbocycles. The van der Waals surface area contributed by atoms with Crippen molar-refractivity contribution in [2.45, 2.75) is 32.4 Å². The third kappa shape index (κ3) is 5.54. The van der Waals surface area contributed by atoms with Crippen molar-refractivity contribution >= 4 is 23.5 Å².